The highest BCUT2D eigenvalue weighted by Crippen LogP contribution is 2.25. The average Bonchev–Trinajstić information content (AvgIpc) is 2.42. The van der Waals surface area contributed by atoms with E-state index in [4.69, 9.17) is 0 Å². The molecule has 2 aromatic heterocycles. The first kappa shape index (κ1) is 15.7. The van der Waals surface area contributed by atoms with Gasteiger partial charge in [0.05, 0.1) is 0 Å². The summed E-state index contributed by atoms with van der Waals surface area (Å²) in [7, 11) is 0. The van der Waals surface area contributed by atoms with Crippen molar-refractivity contribution in [2.75, 3.05) is 5.32 Å². The molecule has 0 aliphatic rings. The van der Waals surface area contributed by atoms with E-state index in [1.54, 1.807) is 12.1 Å². The molecule has 0 saturated carbocycles. The van der Waals surface area contributed by atoms with Crippen LogP contribution in [0.15, 0.2) is 41.5 Å². The Hall–Kier alpha value is -2.64. The SMILES string of the molecule is Cc1ccc(NC(=O)Cn2cccc(C(F)(F)F)c2=O)nc1. The smallest absolute Gasteiger partial charge is 0.309 e. The fourth-order valence-corrected chi connectivity index (χ4v) is 1.76. The summed E-state index contributed by atoms with van der Waals surface area (Å²) in [5.74, 6) is -0.381. The third-order valence-electron chi connectivity index (χ3n) is 2.82. The predicted molar refractivity (Wildman–Crippen MR) is 73.3 cm³/mol. The summed E-state index contributed by atoms with van der Waals surface area (Å²) in [5.41, 5.74) is -1.68. The molecule has 22 heavy (non-hydrogen) atoms. The number of carbonyl (C=O) groups excluding carboxylic acids is 1. The molecule has 1 amide bonds. The zero-order valence-electron chi connectivity index (χ0n) is 11.5. The second kappa shape index (κ2) is 6.00. The third-order valence-corrected chi connectivity index (χ3v) is 2.82. The summed E-state index contributed by atoms with van der Waals surface area (Å²) >= 11 is 0. The van der Waals surface area contributed by atoms with Gasteiger partial charge in [0.1, 0.15) is 17.9 Å². The molecule has 1 N–H and O–H groups in total. The van der Waals surface area contributed by atoms with Gasteiger partial charge in [0.2, 0.25) is 5.91 Å². The van der Waals surface area contributed by atoms with Gasteiger partial charge >= 0.3 is 6.18 Å². The first-order valence-electron chi connectivity index (χ1n) is 6.26. The fourth-order valence-electron chi connectivity index (χ4n) is 1.76. The Morgan fingerprint density at radius 1 is 1.32 bits per heavy atom. The molecular formula is C14H12F3N3O2. The number of aryl methyl sites for hydroxylation is 1. The fraction of sp³-hybridized carbons (Fsp3) is 0.214. The Bertz CT molecular complexity index is 736. The first-order valence-corrected chi connectivity index (χ1v) is 6.26. The quantitative estimate of drug-likeness (QED) is 0.945. The van der Waals surface area contributed by atoms with Crippen LogP contribution < -0.4 is 10.9 Å². The van der Waals surface area contributed by atoms with Crippen molar-refractivity contribution in [2.24, 2.45) is 0 Å². The zero-order valence-corrected chi connectivity index (χ0v) is 11.5. The Balaban J connectivity index is 2.15. The Labute approximate surface area is 123 Å². The molecule has 0 radical (unpaired) electrons. The van der Waals surface area contributed by atoms with Crippen molar-refractivity contribution in [1.82, 2.24) is 9.55 Å². The van der Waals surface area contributed by atoms with Crippen molar-refractivity contribution in [2.45, 2.75) is 19.6 Å². The minimum atomic E-state index is -4.75. The molecule has 2 aromatic rings. The summed E-state index contributed by atoms with van der Waals surface area (Å²) in [6.45, 7) is 1.29. The first-order chi connectivity index (χ1) is 10.3. The number of nitrogens with zero attached hydrogens (tertiary/aromatic N) is 2. The minimum absolute atomic E-state index is 0.260. The number of anilines is 1. The van der Waals surface area contributed by atoms with Crippen LogP contribution in [0.2, 0.25) is 0 Å². The van der Waals surface area contributed by atoms with Gasteiger partial charge < -0.3 is 9.88 Å². The van der Waals surface area contributed by atoms with Crippen molar-refractivity contribution < 1.29 is 18.0 Å². The highest BCUT2D eigenvalue weighted by Gasteiger charge is 2.34. The molecule has 0 unspecified atom stereocenters. The zero-order chi connectivity index (χ0) is 16.3. The summed E-state index contributed by atoms with van der Waals surface area (Å²) < 4.78 is 38.6. The lowest BCUT2D eigenvalue weighted by Crippen LogP contribution is -2.32. The third kappa shape index (κ3) is 3.72. The number of alkyl halides is 3. The second-order valence-electron chi connectivity index (χ2n) is 4.62. The molecule has 0 aliphatic heterocycles. The van der Waals surface area contributed by atoms with Gasteiger partial charge in [0.15, 0.2) is 0 Å². The van der Waals surface area contributed by atoms with Crippen molar-refractivity contribution in [3.05, 3.63) is 58.1 Å². The number of nitrogens with one attached hydrogen (secondary N) is 1. The molecule has 0 atom stereocenters. The van der Waals surface area contributed by atoms with Crippen molar-refractivity contribution in [3.8, 4) is 0 Å². The molecule has 0 fully saturated rings. The van der Waals surface area contributed by atoms with E-state index in [1.807, 2.05) is 6.92 Å². The standard InChI is InChI=1S/C14H12F3N3O2/c1-9-4-5-11(18-7-9)19-12(21)8-20-6-2-3-10(13(20)22)14(15,16)17/h2-7H,8H2,1H3,(H,18,19,21). The van der Waals surface area contributed by atoms with Crippen molar-refractivity contribution in [3.63, 3.8) is 0 Å². The number of aromatic nitrogens is 2. The van der Waals surface area contributed by atoms with E-state index in [9.17, 15) is 22.8 Å². The number of carbonyl (C=O) groups is 1. The molecular weight excluding hydrogens is 299 g/mol. The van der Waals surface area contributed by atoms with Gasteiger partial charge in [0, 0.05) is 12.4 Å². The van der Waals surface area contributed by atoms with Crippen LogP contribution in [0, 0.1) is 6.92 Å². The number of rotatable bonds is 3. The van der Waals surface area contributed by atoms with Crippen LogP contribution >= 0.6 is 0 Å². The highest BCUT2D eigenvalue weighted by molar-refractivity contribution is 5.89. The van der Waals surface area contributed by atoms with Gasteiger partial charge in [-0.3, -0.25) is 9.59 Å². The monoisotopic (exact) mass is 311 g/mol. The molecule has 0 bridgehead atoms. The Kier molecular flexibility index (Phi) is 4.30. The van der Waals surface area contributed by atoms with E-state index in [0.29, 0.717) is 10.6 Å². The Morgan fingerprint density at radius 2 is 2.05 bits per heavy atom. The maximum absolute atomic E-state index is 12.6. The minimum Gasteiger partial charge on any atom is -0.309 e. The lowest BCUT2D eigenvalue weighted by Gasteiger charge is -2.10. The molecule has 8 heteroatoms. The average molecular weight is 311 g/mol. The van der Waals surface area contributed by atoms with E-state index < -0.39 is 29.8 Å². The molecule has 116 valence electrons. The number of amides is 1. The lowest BCUT2D eigenvalue weighted by atomic mass is 10.2. The van der Waals surface area contributed by atoms with Gasteiger partial charge in [0.25, 0.3) is 5.56 Å². The number of pyridine rings is 2. The van der Waals surface area contributed by atoms with Gasteiger partial charge in [-0.05, 0) is 30.7 Å². The van der Waals surface area contributed by atoms with Gasteiger partial charge in [-0.25, -0.2) is 4.98 Å². The molecule has 0 saturated heterocycles. The summed E-state index contributed by atoms with van der Waals surface area (Å²) in [6, 6.07) is 5.03. The van der Waals surface area contributed by atoms with E-state index in [2.05, 4.69) is 10.3 Å². The predicted octanol–water partition coefficient (Wildman–Crippen LogP) is 2.21. The number of hydrogen-bond donors (Lipinski definition) is 1. The van der Waals surface area contributed by atoms with E-state index >= 15 is 0 Å². The van der Waals surface area contributed by atoms with Gasteiger partial charge in [-0.15, -0.1) is 0 Å². The largest absolute Gasteiger partial charge is 0.421 e. The summed E-state index contributed by atoms with van der Waals surface area (Å²) in [5, 5.41) is 2.41. The van der Waals surface area contributed by atoms with Crippen LogP contribution in [-0.4, -0.2) is 15.5 Å². The molecule has 2 rings (SSSR count). The van der Waals surface area contributed by atoms with Gasteiger partial charge in [-0.2, -0.15) is 13.2 Å². The van der Waals surface area contributed by atoms with E-state index in [1.165, 1.54) is 6.20 Å². The highest BCUT2D eigenvalue weighted by atomic mass is 19.4. The topological polar surface area (TPSA) is 64.0 Å². The van der Waals surface area contributed by atoms with Gasteiger partial charge in [-0.1, -0.05) is 6.07 Å². The van der Waals surface area contributed by atoms with Crippen LogP contribution in [0.3, 0.4) is 0 Å². The van der Waals surface area contributed by atoms with Crippen LogP contribution in [0.5, 0.6) is 0 Å². The van der Waals surface area contributed by atoms with Crippen LogP contribution in [0.1, 0.15) is 11.1 Å². The molecule has 0 spiro atoms. The molecule has 0 aliphatic carbocycles. The summed E-state index contributed by atoms with van der Waals surface area (Å²) in [6.07, 6.45) is -2.10. The molecule has 0 aromatic carbocycles. The van der Waals surface area contributed by atoms with Crippen molar-refractivity contribution in [1.29, 1.82) is 0 Å². The van der Waals surface area contributed by atoms with Crippen LogP contribution in [0.25, 0.3) is 0 Å². The van der Waals surface area contributed by atoms with E-state index in [0.717, 1.165) is 17.8 Å². The second-order valence-corrected chi connectivity index (χ2v) is 4.62. The Morgan fingerprint density at radius 3 is 2.64 bits per heavy atom. The normalized spacial score (nSPS) is 11.3. The van der Waals surface area contributed by atoms with Crippen LogP contribution in [0.4, 0.5) is 19.0 Å². The molecule has 2 heterocycles. The van der Waals surface area contributed by atoms with E-state index in [-0.39, 0.29) is 5.82 Å². The number of hydrogen-bond acceptors (Lipinski definition) is 3. The molecule has 5 nitrogen and oxygen atoms in total. The van der Waals surface area contributed by atoms with Crippen LogP contribution in [-0.2, 0) is 17.5 Å². The maximum Gasteiger partial charge on any atom is 0.421 e. The maximum atomic E-state index is 12.6. The number of halogens is 3. The lowest BCUT2D eigenvalue weighted by molar-refractivity contribution is -0.139. The van der Waals surface area contributed by atoms with Crippen molar-refractivity contribution >= 4 is 11.7 Å². The summed E-state index contributed by atoms with van der Waals surface area (Å²) in [4.78, 5) is 27.4.